The highest BCUT2D eigenvalue weighted by Crippen LogP contribution is 2.31. The van der Waals surface area contributed by atoms with Crippen molar-refractivity contribution in [1.29, 1.82) is 0 Å². The second kappa shape index (κ2) is 6.21. The lowest BCUT2D eigenvalue weighted by Gasteiger charge is -2.11. The summed E-state index contributed by atoms with van der Waals surface area (Å²) in [4.78, 5) is 15.9. The molecule has 0 spiro atoms. The smallest absolute Gasteiger partial charge is 0.416 e. The Balaban J connectivity index is 2.30. The average molecular weight is 312 g/mol. The number of halogens is 3. The zero-order valence-electron chi connectivity index (χ0n) is 12.1. The normalized spacial score (nSPS) is 11.7. The van der Waals surface area contributed by atoms with E-state index in [-0.39, 0.29) is 17.5 Å². The summed E-state index contributed by atoms with van der Waals surface area (Å²) >= 11 is 0. The van der Waals surface area contributed by atoms with Gasteiger partial charge in [0.2, 0.25) is 0 Å². The van der Waals surface area contributed by atoms with E-state index in [1.54, 1.807) is 0 Å². The van der Waals surface area contributed by atoms with Crippen LogP contribution in [0, 0.1) is 5.92 Å². The summed E-state index contributed by atoms with van der Waals surface area (Å²) in [5.41, 5.74) is -1.32. The Morgan fingerprint density at radius 1 is 1.32 bits per heavy atom. The Bertz CT molecular complexity index is 708. The number of hydrogen-bond acceptors (Lipinski definition) is 3. The number of hydrogen-bond donors (Lipinski definition) is 0. The first-order valence-corrected chi connectivity index (χ1v) is 6.68. The lowest BCUT2D eigenvalue weighted by molar-refractivity contribution is -0.137. The number of benzene rings is 1. The van der Waals surface area contributed by atoms with Crippen LogP contribution in [0.3, 0.4) is 0 Å². The number of alkyl halides is 3. The van der Waals surface area contributed by atoms with E-state index in [4.69, 9.17) is 4.74 Å². The van der Waals surface area contributed by atoms with E-state index >= 15 is 0 Å². The summed E-state index contributed by atoms with van der Waals surface area (Å²) in [5.74, 6) is -0.0919. The molecule has 22 heavy (non-hydrogen) atoms. The molecule has 0 radical (unpaired) electrons. The van der Waals surface area contributed by atoms with Crippen molar-refractivity contribution >= 4 is 0 Å². The Hall–Kier alpha value is -2.31. The molecular weight excluding hydrogens is 297 g/mol. The lowest BCUT2D eigenvalue weighted by atomic mass is 10.2. The molecule has 7 heteroatoms. The zero-order valence-corrected chi connectivity index (χ0v) is 12.1. The fourth-order valence-corrected chi connectivity index (χ4v) is 1.88. The molecule has 1 aromatic heterocycles. The Labute approximate surface area is 125 Å². The Kier molecular flexibility index (Phi) is 4.54. The van der Waals surface area contributed by atoms with Crippen molar-refractivity contribution in [3.8, 4) is 11.6 Å². The first-order valence-electron chi connectivity index (χ1n) is 6.68. The molecular formula is C15H15F3N2O2. The molecule has 0 aliphatic heterocycles. The van der Waals surface area contributed by atoms with Gasteiger partial charge in [0.15, 0.2) is 0 Å². The van der Waals surface area contributed by atoms with Crippen LogP contribution in [0.5, 0.6) is 11.6 Å². The Morgan fingerprint density at radius 2 is 2.05 bits per heavy atom. The molecule has 2 aromatic rings. The highest BCUT2D eigenvalue weighted by Gasteiger charge is 2.30. The van der Waals surface area contributed by atoms with Crippen molar-refractivity contribution in [3.05, 3.63) is 52.6 Å². The third-order valence-corrected chi connectivity index (χ3v) is 2.82. The summed E-state index contributed by atoms with van der Waals surface area (Å²) in [6.07, 6.45) is -1.57. The van der Waals surface area contributed by atoms with E-state index in [0.717, 1.165) is 12.1 Å². The van der Waals surface area contributed by atoms with Crippen LogP contribution in [-0.4, -0.2) is 9.55 Å². The minimum Gasteiger partial charge on any atom is -0.435 e. The van der Waals surface area contributed by atoms with Gasteiger partial charge >= 0.3 is 11.7 Å². The van der Waals surface area contributed by atoms with Gasteiger partial charge in [-0.25, -0.2) is 4.98 Å². The van der Waals surface area contributed by atoms with Gasteiger partial charge in [0, 0.05) is 18.9 Å². The zero-order chi connectivity index (χ0) is 16.3. The summed E-state index contributed by atoms with van der Waals surface area (Å²) in [7, 11) is 0. The van der Waals surface area contributed by atoms with E-state index < -0.39 is 17.3 Å². The average Bonchev–Trinajstić information content (AvgIpc) is 2.42. The van der Waals surface area contributed by atoms with Gasteiger partial charge in [0.05, 0.1) is 5.56 Å². The van der Waals surface area contributed by atoms with Gasteiger partial charge in [-0.15, -0.1) is 0 Å². The molecule has 0 aliphatic rings. The van der Waals surface area contributed by atoms with Crippen LogP contribution in [0.4, 0.5) is 13.2 Å². The monoisotopic (exact) mass is 312 g/mol. The van der Waals surface area contributed by atoms with Crippen molar-refractivity contribution in [3.63, 3.8) is 0 Å². The molecule has 0 fully saturated rings. The van der Waals surface area contributed by atoms with Crippen molar-refractivity contribution < 1.29 is 17.9 Å². The first kappa shape index (κ1) is 16.1. The largest absolute Gasteiger partial charge is 0.435 e. The topological polar surface area (TPSA) is 44.1 Å². The molecule has 2 rings (SSSR count). The summed E-state index contributed by atoms with van der Waals surface area (Å²) in [6.45, 7) is 4.36. The number of aromatic nitrogens is 2. The van der Waals surface area contributed by atoms with Gasteiger partial charge in [-0.1, -0.05) is 19.9 Å². The molecule has 1 heterocycles. The lowest BCUT2D eigenvalue weighted by Crippen LogP contribution is -2.23. The molecule has 118 valence electrons. The number of nitrogens with zero attached hydrogens (tertiary/aromatic N) is 2. The van der Waals surface area contributed by atoms with E-state index in [9.17, 15) is 18.0 Å². The third-order valence-electron chi connectivity index (χ3n) is 2.82. The van der Waals surface area contributed by atoms with Gasteiger partial charge in [-0.05, 0) is 24.1 Å². The van der Waals surface area contributed by atoms with Crippen LogP contribution < -0.4 is 10.3 Å². The molecule has 0 unspecified atom stereocenters. The van der Waals surface area contributed by atoms with Crippen LogP contribution in [-0.2, 0) is 12.7 Å². The van der Waals surface area contributed by atoms with E-state index in [1.165, 1.54) is 29.1 Å². The molecule has 0 aliphatic carbocycles. The van der Waals surface area contributed by atoms with Crippen molar-refractivity contribution in [2.45, 2.75) is 26.6 Å². The maximum atomic E-state index is 12.7. The van der Waals surface area contributed by atoms with Gasteiger partial charge in [0.25, 0.3) is 5.88 Å². The third kappa shape index (κ3) is 3.87. The van der Waals surface area contributed by atoms with Crippen molar-refractivity contribution in [2.75, 3.05) is 0 Å². The van der Waals surface area contributed by atoms with Gasteiger partial charge in [-0.3, -0.25) is 4.79 Å². The van der Waals surface area contributed by atoms with E-state index in [0.29, 0.717) is 6.54 Å². The molecule has 0 saturated heterocycles. The van der Waals surface area contributed by atoms with Crippen molar-refractivity contribution in [2.24, 2.45) is 5.92 Å². The van der Waals surface area contributed by atoms with E-state index in [2.05, 4.69) is 4.98 Å². The molecule has 0 saturated carbocycles. The fraction of sp³-hybridized carbons (Fsp3) is 0.333. The maximum absolute atomic E-state index is 12.7. The highest BCUT2D eigenvalue weighted by atomic mass is 19.4. The van der Waals surface area contributed by atoms with Crippen LogP contribution in [0.1, 0.15) is 19.4 Å². The van der Waals surface area contributed by atoms with Crippen LogP contribution in [0.2, 0.25) is 0 Å². The highest BCUT2D eigenvalue weighted by molar-refractivity contribution is 5.32. The van der Waals surface area contributed by atoms with Crippen LogP contribution in [0.25, 0.3) is 0 Å². The fourth-order valence-electron chi connectivity index (χ4n) is 1.88. The second-order valence-electron chi connectivity index (χ2n) is 5.21. The molecule has 4 nitrogen and oxygen atoms in total. The SMILES string of the molecule is CC(C)Cn1ccnc(Oc2cccc(C(F)(F)F)c2)c1=O. The van der Waals surface area contributed by atoms with Crippen LogP contribution in [0.15, 0.2) is 41.5 Å². The minimum absolute atomic E-state index is 0.0817. The molecule has 0 amide bonds. The quantitative estimate of drug-likeness (QED) is 0.864. The predicted octanol–water partition coefficient (Wildman–Crippen LogP) is 3.71. The first-order chi connectivity index (χ1) is 10.3. The van der Waals surface area contributed by atoms with Gasteiger partial charge < -0.3 is 9.30 Å². The van der Waals surface area contributed by atoms with E-state index in [1.807, 2.05) is 13.8 Å². The van der Waals surface area contributed by atoms with Gasteiger partial charge in [-0.2, -0.15) is 13.2 Å². The Morgan fingerprint density at radius 3 is 2.68 bits per heavy atom. The second-order valence-corrected chi connectivity index (χ2v) is 5.21. The molecule has 0 N–H and O–H groups in total. The minimum atomic E-state index is -4.47. The summed E-state index contributed by atoms with van der Waals surface area (Å²) in [5, 5.41) is 0. The van der Waals surface area contributed by atoms with Gasteiger partial charge in [0.1, 0.15) is 5.75 Å². The predicted molar refractivity (Wildman–Crippen MR) is 74.9 cm³/mol. The molecule has 0 bridgehead atoms. The summed E-state index contributed by atoms with van der Waals surface area (Å²) in [6, 6.07) is 4.33. The molecule has 0 atom stereocenters. The standard InChI is InChI=1S/C15H15F3N2O2/c1-10(2)9-20-7-6-19-13(14(20)21)22-12-5-3-4-11(8-12)15(16,17)18/h3-8,10H,9H2,1-2H3. The molecule has 1 aromatic carbocycles. The number of rotatable bonds is 4. The number of ether oxygens (including phenoxy) is 1. The van der Waals surface area contributed by atoms with Crippen molar-refractivity contribution in [1.82, 2.24) is 9.55 Å². The maximum Gasteiger partial charge on any atom is 0.416 e. The summed E-state index contributed by atoms with van der Waals surface area (Å²) < 4.78 is 44.6. The van der Waals surface area contributed by atoms with Crippen LogP contribution >= 0.6 is 0 Å².